The molecule has 0 aliphatic heterocycles. The highest BCUT2D eigenvalue weighted by Gasteiger charge is 1.84. The van der Waals surface area contributed by atoms with Crippen LogP contribution < -0.4 is 5.32 Å². The molecule has 0 amide bonds. The van der Waals surface area contributed by atoms with Gasteiger partial charge in [0.05, 0.1) is 0 Å². The van der Waals surface area contributed by atoms with E-state index in [1.165, 1.54) is 5.56 Å². The van der Waals surface area contributed by atoms with Gasteiger partial charge in [0.2, 0.25) is 0 Å². The number of benzene rings is 1. The third-order valence-corrected chi connectivity index (χ3v) is 1.22. The van der Waals surface area contributed by atoms with Gasteiger partial charge in [-0.2, -0.15) is 8.42 Å². The first-order chi connectivity index (χ1) is 6.43. The van der Waals surface area contributed by atoms with Crippen LogP contribution in [-0.4, -0.2) is 24.6 Å². The maximum Gasteiger partial charge on any atom is 0.394 e. The lowest BCUT2D eigenvalue weighted by atomic mass is 10.2. The number of hydrogen-bond donors (Lipinski definition) is 3. The van der Waals surface area contributed by atoms with E-state index < -0.39 is 10.4 Å². The van der Waals surface area contributed by atoms with Gasteiger partial charge < -0.3 is 5.32 Å². The van der Waals surface area contributed by atoms with E-state index in [9.17, 15) is 0 Å². The normalized spacial score (nSPS) is 10.2. The van der Waals surface area contributed by atoms with Crippen molar-refractivity contribution in [3.05, 3.63) is 35.9 Å². The van der Waals surface area contributed by atoms with Gasteiger partial charge in [0, 0.05) is 6.54 Å². The maximum absolute atomic E-state index is 8.74. The molecule has 0 aliphatic rings. The lowest BCUT2D eigenvalue weighted by Crippen LogP contribution is -2.04. The summed E-state index contributed by atoms with van der Waals surface area (Å²) in [5, 5.41) is 3.08. The van der Waals surface area contributed by atoms with Crippen LogP contribution in [0.2, 0.25) is 0 Å². The summed E-state index contributed by atoms with van der Waals surface area (Å²) in [6.07, 6.45) is 0. The van der Waals surface area contributed by atoms with Crippen LogP contribution in [0.4, 0.5) is 0 Å². The largest absolute Gasteiger partial charge is 0.394 e. The Kier molecular flexibility index (Phi) is 6.06. The number of hydrogen-bond acceptors (Lipinski definition) is 3. The molecule has 1 rings (SSSR count). The van der Waals surface area contributed by atoms with Crippen molar-refractivity contribution in [3.63, 3.8) is 0 Å². The summed E-state index contributed by atoms with van der Waals surface area (Å²) in [7, 11) is -2.72. The lowest BCUT2D eigenvalue weighted by molar-refractivity contribution is 0.381. The predicted molar refractivity (Wildman–Crippen MR) is 53.4 cm³/mol. The van der Waals surface area contributed by atoms with E-state index in [2.05, 4.69) is 17.4 Å². The molecule has 6 heteroatoms. The quantitative estimate of drug-likeness (QED) is 0.639. The minimum atomic E-state index is -4.67. The van der Waals surface area contributed by atoms with Crippen LogP contribution in [0.1, 0.15) is 5.56 Å². The average molecular weight is 219 g/mol. The molecule has 80 valence electrons. The second-order valence-corrected chi connectivity index (χ2v) is 3.36. The van der Waals surface area contributed by atoms with Crippen molar-refractivity contribution in [3.8, 4) is 0 Å². The van der Waals surface area contributed by atoms with Crippen molar-refractivity contribution in [2.75, 3.05) is 7.05 Å². The standard InChI is InChI=1S/C8H11N.H2O4S/c1-9-7-8-5-3-2-4-6-8;1-5(2,3)4/h2-6,9H,7H2,1H3;(H2,1,2,3,4). The molecule has 0 saturated heterocycles. The fourth-order valence-corrected chi connectivity index (χ4v) is 0.800. The van der Waals surface area contributed by atoms with E-state index in [1.54, 1.807) is 0 Å². The van der Waals surface area contributed by atoms with E-state index in [0.29, 0.717) is 0 Å². The second-order valence-electron chi connectivity index (χ2n) is 2.46. The summed E-state index contributed by atoms with van der Waals surface area (Å²) in [5.41, 5.74) is 1.33. The summed E-state index contributed by atoms with van der Waals surface area (Å²) in [4.78, 5) is 0. The fourth-order valence-electron chi connectivity index (χ4n) is 0.800. The van der Waals surface area contributed by atoms with Crippen LogP contribution in [0.3, 0.4) is 0 Å². The number of rotatable bonds is 2. The Morgan fingerprint density at radius 2 is 1.64 bits per heavy atom. The van der Waals surface area contributed by atoms with Gasteiger partial charge in [0.15, 0.2) is 0 Å². The molecule has 0 aromatic heterocycles. The van der Waals surface area contributed by atoms with Crippen molar-refractivity contribution in [2.24, 2.45) is 0 Å². The van der Waals surface area contributed by atoms with Crippen LogP contribution in [0, 0.1) is 0 Å². The molecule has 1 aromatic carbocycles. The summed E-state index contributed by atoms with van der Waals surface area (Å²) >= 11 is 0. The predicted octanol–water partition coefficient (Wildman–Crippen LogP) is 0.753. The molecular formula is C8H13NO4S. The van der Waals surface area contributed by atoms with Gasteiger partial charge in [0.25, 0.3) is 0 Å². The highest BCUT2D eigenvalue weighted by Crippen LogP contribution is 1.95. The van der Waals surface area contributed by atoms with Crippen LogP contribution in [-0.2, 0) is 16.9 Å². The van der Waals surface area contributed by atoms with Crippen molar-refractivity contribution >= 4 is 10.4 Å². The molecule has 0 saturated carbocycles. The first-order valence-electron chi connectivity index (χ1n) is 3.82. The van der Waals surface area contributed by atoms with Crippen molar-refractivity contribution < 1.29 is 17.5 Å². The van der Waals surface area contributed by atoms with Crippen molar-refractivity contribution in [2.45, 2.75) is 6.54 Å². The molecular weight excluding hydrogens is 206 g/mol. The van der Waals surface area contributed by atoms with Crippen LogP contribution in [0.5, 0.6) is 0 Å². The Morgan fingerprint density at radius 1 is 1.21 bits per heavy atom. The van der Waals surface area contributed by atoms with E-state index >= 15 is 0 Å². The van der Waals surface area contributed by atoms with E-state index in [0.717, 1.165) is 6.54 Å². The summed E-state index contributed by atoms with van der Waals surface area (Å²) < 4.78 is 31.6. The van der Waals surface area contributed by atoms with Gasteiger partial charge in [-0.15, -0.1) is 0 Å². The summed E-state index contributed by atoms with van der Waals surface area (Å²) in [6.45, 7) is 0.959. The molecule has 0 atom stereocenters. The topological polar surface area (TPSA) is 86.6 Å². The zero-order valence-corrected chi connectivity index (χ0v) is 8.53. The third-order valence-electron chi connectivity index (χ3n) is 1.22. The Hall–Kier alpha value is -0.950. The third kappa shape index (κ3) is 11.1. The first kappa shape index (κ1) is 13.1. The van der Waals surface area contributed by atoms with Gasteiger partial charge in [0.1, 0.15) is 0 Å². The van der Waals surface area contributed by atoms with Crippen LogP contribution in [0.25, 0.3) is 0 Å². The van der Waals surface area contributed by atoms with E-state index in [1.807, 2.05) is 25.2 Å². The zero-order valence-electron chi connectivity index (χ0n) is 7.71. The Balaban J connectivity index is 0.000000292. The van der Waals surface area contributed by atoms with Crippen molar-refractivity contribution in [1.82, 2.24) is 5.32 Å². The molecule has 0 spiro atoms. The molecule has 0 aliphatic carbocycles. The number of nitrogens with one attached hydrogen (secondary N) is 1. The van der Waals surface area contributed by atoms with Gasteiger partial charge in [-0.3, -0.25) is 9.11 Å². The highest BCUT2D eigenvalue weighted by molar-refractivity contribution is 7.79. The monoisotopic (exact) mass is 219 g/mol. The molecule has 5 nitrogen and oxygen atoms in total. The molecule has 0 bridgehead atoms. The van der Waals surface area contributed by atoms with Gasteiger partial charge in [-0.1, -0.05) is 30.3 Å². The molecule has 0 heterocycles. The smallest absolute Gasteiger partial charge is 0.316 e. The average Bonchev–Trinajstić information content (AvgIpc) is 2.03. The molecule has 3 N–H and O–H groups in total. The SMILES string of the molecule is CNCc1ccccc1.O=S(=O)(O)O. The van der Waals surface area contributed by atoms with Gasteiger partial charge in [-0.05, 0) is 12.6 Å². The van der Waals surface area contributed by atoms with Gasteiger partial charge in [-0.25, -0.2) is 0 Å². The Bertz CT molecular complexity index is 328. The van der Waals surface area contributed by atoms with Gasteiger partial charge >= 0.3 is 10.4 Å². The minimum absolute atomic E-state index is 0.959. The van der Waals surface area contributed by atoms with E-state index in [4.69, 9.17) is 17.5 Å². The molecule has 0 fully saturated rings. The summed E-state index contributed by atoms with van der Waals surface area (Å²) in [6, 6.07) is 10.3. The Labute approximate surface area is 83.3 Å². The van der Waals surface area contributed by atoms with Crippen molar-refractivity contribution in [1.29, 1.82) is 0 Å². The lowest BCUT2D eigenvalue weighted by Gasteiger charge is -1.95. The van der Waals surface area contributed by atoms with Crippen LogP contribution in [0.15, 0.2) is 30.3 Å². The first-order valence-corrected chi connectivity index (χ1v) is 5.21. The highest BCUT2D eigenvalue weighted by atomic mass is 32.3. The second kappa shape index (κ2) is 6.50. The molecule has 14 heavy (non-hydrogen) atoms. The maximum atomic E-state index is 8.74. The van der Waals surface area contributed by atoms with E-state index in [-0.39, 0.29) is 0 Å². The molecule has 1 aromatic rings. The zero-order chi connectivity index (χ0) is 11.0. The Morgan fingerprint density at radius 3 is 2.00 bits per heavy atom. The molecule has 0 unspecified atom stereocenters. The fraction of sp³-hybridized carbons (Fsp3) is 0.250. The molecule has 0 radical (unpaired) electrons. The summed E-state index contributed by atoms with van der Waals surface area (Å²) in [5.74, 6) is 0. The van der Waals surface area contributed by atoms with Crippen LogP contribution >= 0.6 is 0 Å². The minimum Gasteiger partial charge on any atom is -0.316 e.